The number of nitrogens with zero attached hydrogens (tertiary/aromatic N) is 4. The molecule has 2 aliphatic heterocycles. The molecular formula is C20H20F3N7O2. The maximum Gasteiger partial charge on any atom is 0.225 e. The van der Waals surface area contributed by atoms with Crippen molar-refractivity contribution in [3.05, 3.63) is 35.8 Å². The summed E-state index contributed by atoms with van der Waals surface area (Å²) in [6.07, 6.45) is 3.25. The van der Waals surface area contributed by atoms with E-state index in [0.29, 0.717) is 68.3 Å². The van der Waals surface area contributed by atoms with Crippen LogP contribution in [0, 0.1) is 17.5 Å². The topological polar surface area (TPSA) is 106 Å². The molecule has 2 saturated heterocycles. The van der Waals surface area contributed by atoms with Gasteiger partial charge in [-0.3, -0.25) is 9.36 Å². The molecule has 168 valence electrons. The minimum Gasteiger partial charge on any atom is -0.379 e. The third kappa shape index (κ3) is 3.93. The van der Waals surface area contributed by atoms with E-state index < -0.39 is 23.1 Å². The highest BCUT2D eigenvalue weighted by Crippen LogP contribution is 2.32. The van der Waals surface area contributed by atoms with Gasteiger partial charge in [0.15, 0.2) is 17.3 Å². The molecule has 0 aliphatic carbocycles. The van der Waals surface area contributed by atoms with E-state index in [1.165, 1.54) is 6.20 Å². The van der Waals surface area contributed by atoms with Crippen molar-refractivity contribution in [3.8, 4) is 0 Å². The molecule has 3 N–H and O–H groups in total. The van der Waals surface area contributed by atoms with E-state index in [1.54, 1.807) is 4.57 Å². The molecule has 0 radical (unpaired) electrons. The van der Waals surface area contributed by atoms with Crippen molar-refractivity contribution in [2.24, 2.45) is 0 Å². The van der Waals surface area contributed by atoms with E-state index >= 15 is 0 Å². The second-order valence-corrected chi connectivity index (χ2v) is 7.78. The highest BCUT2D eigenvalue weighted by Gasteiger charge is 2.26. The van der Waals surface area contributed by atoms with Gasteiger partial charge in [-0.1, -0.05) is 0 Å². The minimum absolute atomic E-state index is 0.00899. The first kappa shape index (κ1) is 20.5. The molecule has 9 nitrogen and oxygen atoms in total. The van der Waals surface area contributed by atoms with Gasteiger partial charge in [0.25, 0.3) is 0 Å². The summed E-state index contributed by atoms with van der Waals surface area (Å²) in [5.74, 6) is -2.65. The maximum atomic E-state index is 14.2. The Kier molecular flexibility index (Phi) is 5.29. The number of carbonyl (C=O) groups excluding carboxylic acids is 1. The first-order chi connectivity index (χ1) is 15.5. The largest absolute Gasteiger partial charge is 0.379 e. The maximum absolute atomic E-state index is 14.2. The number of rotatable bonds is 5. The zero-order valence-electron chi connectivity index (χ0n) is 16.9. The first-order valence-electron chi connectivity index (χ1n) is 10.3. The van der Waals surface area contributed by atoms with Crippen LogP contribution >= 0.6 is 0 Å². The van der Waals surface area contributed by atoms with Gasteiger partial charge < -0.3 is 20.7 Å². The second kappa shape index (κ2) is 8.26. The van der Waals surface area contributed by atoms with Crippen molar-refractivity contribution < 1.29 is 22.7 Å². The molecule has 12 heteroatoms. The van der Waals surface area contributed by atoms with Crippen LogP contribution in [0.2, 0.25) is 0 Å². The van der Waals surface area contributed by atoms with Crippen LogP contribution in [-0.2, 0) is 9.53 Å². The Hall–Kier alpha value is -3.41. The van der Waals surface area contributed by atoms with Gasteiger partial charge >= 0.3 is 0 Å². The average Bonchev–Trinajstić information content (AvgIpc) is 3.39. The monoisotopic (exact) mass is 447 g/mol. The number of halogens is 3. The number of imidazole rings is 1. The second-order valence-electron chi connectivity index (χ2n) is 7.78. The summed E-state index contributed by atoms with van der Waals surface area (Å²) in [5.41, 5.74) is 0.374. The van der Waals surface area contributed by atoms with Crippen LogP contribution in [0.4, 0.5) is 30.8 Å². The lowest BCUT2D eigenvalue weighted by molar-refractivity contribution is -0.122. The number of carbonyl (C=O) groups is 1. The fraction of sp³-hybridized carbons (Fsp3) is 0.400. The van der Waals surface area contributed by atoms with Gasteiger partial charge in [0, 0.05) is 37.7 Å². The van der Waals surface area contributed by atoms with Gasteiger partial charge in [0.05, 0.1) is 18.8 Å². The highest BCUT2D eigenvalue weighted by atomic mass is 19.1. The molecule has 1 aromatic carbocycles. The van der Waals surface area contributed by atoms with E-state index in [4.69, 9.17) is 4.74 Å². The Bertz CT molecular complexity index is 1150. The summed E-state index contributed by atoms with van der Waals surface area (Å²) in [4.78, 5) is 24.7. The normalized spacial score (nSPS) is 21.0. The van der Waals surface area contributed by atoms with Gasteiger partial charge in [-0.2, -0.15) is 4.98 Å². The molecule has 5 rings (SSSR count). The van der Waals surface area contributed by atoms with Crippen LogP contribution in [0.25, 0.3) is 11.2 Å². The lowest BCUT2D eigenvalue weighted by Crippen LogP contribution is -2.42. The van der Waals surface area contributed by atoms with E-state index in [0.717, 1.165) is 0 Å². The molecule has 2 atom stereocenters. The van der Waals surface area contributed by atoms with Crippen LogP contribution in [-0.4, -0.2) is 51.2 Å². The standard InChI is InChI=1S/C20H20F3N7O2/c21-10-5-13(22)17(14(23)6-10)28-20-27-15-8-25-19(26-11-1-2-16(31)24-7-11)29-18(15)30(20)12-3-4-32-9-12/h5-6,8,11-12H,1-4,7,9H2,(H,24,31)(H,27,28)(H,25,26,29)/t11-,12?/m1/s1. The number of anilines is 3. The molecule has 1 unspecified atom stereocenters. The number of aromatic nitrogens is 4. The number of hydrogen-bond donors (Lipinski definition) is 3. The molecule has 2 aromatic heterocycles. The number of nitrogens with one attached hydrogen (secondary N) is 3. The third-order valence-corrected chi connectivity index (χ3v) is 5.55. The quantitative estimate of drug-likeness (QED) is 0.552. The number of piperidine rings is 1. The van der Waals surface area contributed by atoms with Gasteiger partial charge in [-0.05, 0) is 12.8 Å². The summed E-state index contributed by atoms with van der Waals surface area (Å²) in [6, 6.07) is 1.02. The molecule has 0 bridgehead atoms. The SMILES string of the molecule is O=C1CC[C@@H](Nc2ncc3nc(Nc4c(F)cc(F)cc4F)n(C4CCOC4)c3n2)CN1. The van der Waals surface area contributed by atoms with Crippen molar-refractivity contribution >= 4 is 34.7 Å². The zero-order valence-corrected chi connectivity index (χ0v) is 16.9. The third-order valence-electron chi connectivity index (χ3n) is 5.55. The summed E-state index contributed by atoms with van der Waals surface area (Å²) in [7, 11) is 0. The van der Waals surface area contributed by atoms with Crippen molar-refractivity contribution in [1.82, 2.24) is 24.8 Å². The molecule has 0 spiro atoms. The van der Waals surface area contributed by atoms with E-state index in [-0.39, 0.29) is 23.9 Å². The van der Waals surface area contributed by atoms with Crippen LogP contribution in [0.1, 0.15) is 25.3 Å². The lowest BCUT2D eigenvalue weighted by atomic mass is 10.1. The highest BCUT2D eigenvalue weighted by molar-refractivity contribution is 5.78. The smallest absolute Gasteiger partial charge is 0.225 e. The number of hydrogen-bond acceptors (Lipinski definition) is 7. The molecule has 3 aromatic rings. The first-order valence-corrected chi connectivity index (χ1v) is 10.3. The number of fused-ring (bicyclic) bond motifs is 1. The number of amides is 1. The van der Waals surface area contributed by atoms with Crippen LogP contribution < -0.4 is 16.0 Å². The molecular weight excluding hydrogens is 427 g/mol. The van der Waals surface area contributed by atoms with Crippen molar-refractivity contribution in [2.45, 2.75) is 31.3 Å². The summed E-state index contributed by atoms with van der Waals surface area (Å²) >= 11 is 0. The molecule has 2 fully saturated rings. The molecule has 2 aliphatic rings. The molecule has 4 heterocycles. The van der Waals surface area contributed by atoms with Crippen LogP contribution in [0.15, 0.2) is 18.3 Å². The van der Waals surface area contributed by atoms with Gasteiger partial charge in [0.2, 0.25) is 17.8 Å². The molecule has 0 saturated carbocycles. The number of benzene rings is 1. The fourth-order valence-electron chi connectivity index (χ4n) is 3.93. The van der Waals surface area contributed by atoms with E-state index in [1.807, 2.05) is 0 Å². The van der Waals surface area contributed by atoms with E-state index in [9.17, 15) is 18.0 Å². The average molecular weight is 447 g/mol. The van der Waals surface area contributed by atoms with Crippen LogP contribution in [0.3, 0.4) is 0 Å². The predicted molar refractivity (Wildman–Crippen MR) is 109 cm³/mol. The van der Waals surface area contributed by atoms with Crippen molar-refractivity contribution in [2.75, 3.05) is 30.4 Å². The number of ether oxygens (including phenoxy) is 1. The summed E-state index contributed by atoms with van der Waals surface area (Å²) in [6.45, 7) is 1.38. The molecule has 1 amide bonds. The summed E-state index contributed by atoms with van der Waals surface area (Å²) in [5, 5.41) is 8.65. The van der Waals surface area contributed by atoms with Gasteiger partial charge in [0.1, 0.15) is 17.0 Å². The minimum atomic E-state index is -1.07. The fourth-order valence-corrected chi connectivity index (χ4v) is 3.93. The lowest BCUT2D eigenvalue weighted by Gasteiger charge is -2.23. The van der Waals surface area contributed by atoms with Crippen molar-refractivity contribution in [3.63, 3.8) is 0 Å². The van der Waals surface area contributed by atoms with E-state index in [2.05, 4.69) is 30.9 Å². The Morgan fingerprint density at radius 3 is 2.66 bits per heavy atom. The Labute approximate surface area is 180 Å². The zero-order chi connectivity index (χ0) is 22.2. The predicted octanol–water partition coefficient (Wildman–Crippen LogP) is 2.64. The summed E-state index contributed by atoms with van der Waals surface area (Å²) < 4.78 is 49.0. The van der Waals surface area contributed by atoms with Crippen molar-refractivity contribution in [1.29, 1.82) is 0 Å². The van der Waals surface area contributed by atoms with Crippen LogP contribution in [0.5, 0.6) is 0 Å². The molecule has 32 heavy (non-hydrogen) atoms. The Balaban J connectivity index is 1.51. The van der Waals surface area contributed by atoms with Gasteiger partial charge in [-0.25, -0.2) is 23.1 Å². The Morgan fingerprint density at radius 2 is 1.97 bits per heavy atom. The Morgan fingerprint density at radius 1 is 1.16 bits per heavy atom. The van der Waals surface area contributed by atoms with Gasteiger partial charge in [-0.15, -0.1) is 0 Å².